The number of hydrogen-bond acceptors (Lipinski definition) is 4. The van der Waals surface area contributed by atoms with Gasteiger partial charge >= 0.3 is 0 Å². The zero-order valence-corrected chi connectivity index (χ0v) is 11.8. The number of methoxy groups -OCH3 is 1. The molecular weight excluding hydrogens is 250 g/mol. The van der Waals surface area contributed by atoms with Crippen LogP contribution in [0.2, 0.25) is 0 Å². The SMILES string of the molecule is COc1cc(C2CCNC2)c(S(C)(=O)=O)cc1C. The van der Waals surface area contributed by atoms with Gasteiger partial charge in [0.05, 0.1) is 12.0 Å². The van der Waals surface area contributed by atoms with Gasteiger partial charge in [-0.3, -0.25) is 0 Å². The summed E-state index contributed by atoms with van der Waals surface area (Å²) in [6, 6.07) is 3.60. The minimum absolute atomic E-state index is 0.254. The molecule has 0 radical (unpaired) electrons. The molecule has 0 bridgehead atoms. The van der Waals surface area contributed by atoms with Gasteiger partial charge in [-0.25, -0.2) is 8.42 Å². The minimum atomic E-state index is -3.20. The summed E-state index contributed by atoms with van der Waals surface area (Å²) in [6.07, 6.45) is 2.23. The molecule has 1 atom stereocenters. The fourth-order valence-corrected chi connectivity index (χ4v) is 3.50. The summed E-state index contributed by atoms with van der Waals surface area (Å²) in [5.74, 6) is 1.01. The molecule has 0 aromatic heterocycles. The van der Waals surface area contributed by atoms with E-state index < -0.39 is 9.84 Å². The van der Waals surface area contributed by atoms with E-state index in [1.807, 2.05) is 13.0 Å². The van der Waals surface area contributed by atoms with Crippen LogP contribution in [0.3, 0.4) is 0 Å². The van der Waals surface area contributed by atoms with Crippen molar-refractivity contribution in [1.82, 2.24) is 5.32 Å². The van der Waals surface area contributed by atoms with E-state index in [2.05, 4.69) is 5.32 Å². The predicted octanol–water partition coefficient (Wildman–Crippen LogP) is 1.48. The van der Waals surface area contributed by atoms with Gasteiger partial charge in [0.15, 0.2) is 9.84 Å². The molecule has 1 aromatic carbocycles. The second kappa shape index (κ2) is 4.90. The Balaban J connectivity index is 2.59. The molecule has 2 rings (SSSR count). The molecule has 1 aliphatic heterocycles. The van der Waals surface area contributed by atoms with Gasteiger partial charge in [-0.1, -0.05) is 0 Å². The summed E-state index contributed by atoms with van der Waals surface area (Å²) >= 11 is 0. The fraction of sp³-hybridized carbons (Fsp3) is 0.538. The lowest BCUT2D eigenvalue weighted by molar-refractivity contribution is 0.410. The predicted molar refractivity (Wildman–Crippen MR) is 71.1 cm³/mol. The van der Waals surface area contributed by atoms with E-state index in [0.29, 0.717) is 4.90 Å². The van der Waals surface area contributed by atoms with Crippen LogP contribution >= 0.6 is 0 Å². The average Bonchev–Trinajstić information content (AvgIpc) is 2.81. The van der Waals surface area contributed by atoms with E-state index in [1.54, 1.807) is 13.2 Å². The summed E-state index contributed by atoms with van der Waals surface area (Å²) < 4.78 is 29.1. The van der Waals surface area contributed by atoms with Crippen molar-refractivity contribution in [1.29, 1.82) is 0 Å². The Labute approximate surface area is 108 Å². The highest BCUT2D eigenvalue weighted by atomic mass is 32.2. The maximum Gasteiger partial charge on any atom is 0.175 e. The van der Waals surface area contributed by atoms with Crippen LogP contribution in [0.4, 0.5) is 0 Å². The third-order valence-corrected chi connectivity index (χ3v) is 4.58. The molecule has 1 aliphatic rings. The van der Waals surface area contributed by atoms with E-state index in [-0.39, 0.29) is 5.92 Å². The fourth-order valence-electron chi connectivity index (χ4n) is 2.46. The Morgan fingerprint density at radius 1 is 1.39 bits per heavy atom. The molecular formula is C13H19NO3S. The standard InChI is InChI=1S/C13H19NO3S/c1-9-6-13(18(3,15)16)11(7-12(9)17-2)10-4-5-14-8-10/h6-7,10,14H,4-5,8H2,1-3H3. The quantitative estimate of drug-likeness (QED) is 0.903. The van der Waals surface area contributed by atoms with E-state index in [1.165, 1.54) is 6.26 Å². The number of rotatable bonds is 3. The Morgan fingerprint density at radius 2 is 2.11 bits per heavy atom. The van der Waals surface area contributed by atoms with Crippen molar-refractivity contribution in [3.63, 3.8) is 0 Å². The number of sulfone groups is 1. The number of nitrogens with one attached hydrogen (secondary N) is 1. The molecule has 1 N–H and O–H groups in total. The molecule has 1 heterocycles. The third-order valence-electron chi connectivity index (χ3n) is 3.43. The summed E-state index contributed by atoms with van der Waals surface area (Å²) in [7, 11) is -1.59. The monoisotopic (exact) mass is 269 g/mol. The van der Waals surface area contributed by atoms with Crippen LogP contribution in [0.25, 0.3) is 0 Å². The number of aryl methyl sites for hydroxylation is 1. The summed E-state index contributed by atoms with van der Waals surface area (Å²) in [5, 5.41) is 3.27. The van der Waals surface area contributed by atoms with Gasteiger partial charge in [-0.15, -0.1) is 0 Å². The number of hydrogen-bond donors (Lipinski definition) is 1. The van der Waals surface area contributed by atoms with Gasteiger partial charge in [-0.05, 0) is 49.1 Å². The van der Waals surface area contributed by atoms with Crippen molar-refractivity contribution >= 4 is 9.84 Å². The van der Waals surface area contributed by atoms with Crippen LogP contribution in [-0.2, 0) is 9.84 Å². The zero-order chi connectivity index (χ0) is 13.3. The van der Waals surface area contributed by atoms with Gasteiger partial charge in [0.2, 0.25) is 0 Å². The first-order valence-corrected chi connectivity index (χ1v) is 7.92. The lowest BCUT2D eigenvalue weighted by atomic mass is 9.97. The first kappa shape index (κ1) is 13.4. The third kappa shape index (κ3) is 2.52. The van der Waals surface area contributed by atoms with E-state index in [0.717, 1.165) is 36.4 Å². The Bertz CT molecular complexity index is 546. The topological polar surface area (TPSA) is 55.4 Å². The molecule has 0 amide bonds. The Kier molecular flexibility index (Phi) is 3.64. The number of benzene rings is 1. The summed E-state index contributed by atoms with van der Waals surface area (Å²) in [5.41, 5.74) is 1.73. The van der Waals surface area contributed by atoms with Gasteiger partial charge in [-0.2, -0.15) is 0 Å². The van der Waals surface area contributed by atoms with Crippen LogP contribution in [0.15, 0.2) is 17.0 Å². The maximum absolute atomic E-state index is 11.9. The second-order valence-corrected chi connectivity index (χ2v) is 6.81. The van der Waals surface area contributed by atoms with Crippen molar-refractivity contribution in [2.24, 2.45) is 0 Å². The normalized spacial score (nSPS) is 20.1. The average molecular weight is 269 g/mol. The summed E-state index contributed by atoms with van der Waals surface area (Å²) in [4.78, 5) is 0.439. The largest absolute Gasteiger partial charge is 0.496 e. The van der Waals surface area contributed by atoms with Gasteiger partial charge in [0.1, 0.15) is 5.75 Å². The molecule has 1 saturated heterocycles. The van der Waals surface area contributed by atoms with Crippen molar-refractivity contribution < 1.29 is 13.2 Å². The molecule has 1 fully saturated rings. The van der Waals surface area contributed by atoms with Crippen LogP contribution in [0.1, 0.15) is 23.5 Å². The molecule has 0 aliphatic carbocycles. The van der Waals surface area contributed by atoms with Crippen molar-refractivity contribution in [3.05, 3.63) is 23.3 Å². The van der Waals surface area contributed by atoms with Crippen LogP contribution in [0.5, 0.6) is 5.75 Å². The highest BCUT2D eigenvalue weighted by Crippen LogP contribution is 2.33. The smallest absolute Gasteiger partial charge is 0.175 e. The Hall–Kier alpha value is -1.07. The number of ether oxygens (including phenoxy) is 1. The molecule has 100 valence electrons. The van der Waals surface area contributed by atoms with Crippen molar-refractivity contribution in [2.45, 2.75) is 24.2 Å². The molecule has 5 heteroatoms. The lowest BCUT2D eigenvalue weighted by Gasteiger charge is -2.17. The Morgan fingerprint density at radius 3 is 2.61 bits per heavy atom. The van der Waals surface area contributed by atoms with Crippen LogP contribution < -0.4 is 10.1 Å². The van der Waals surface area contributed by atoms with Gasteiger partial charge in [0, 0.05) is 12.8 Å². The van der Waals surface area contributed by atoms with Crippen molar-refractivity contribution in [2.75, 3.05) is 26.5 Å². The van der Waals surface area contributed by atoms with Crippen LogP contribution in [-0.4, -0.2) is 34.9 Å². The van der Waals surface area contributed by atoms with E-state index >= 15 is 0 Å². The molecule has 18 heavy (non-hydrogen) atoms. The van der Waals surface area contributed by atoms with E-state index in [9.17, 15) is 8.42 Å². The molecule has 1 unspecified atom stereocenters. The van der Waals surface area contributed by atoms with E-state index in [4.69, 9.17) is 4.74 Å². The molecule has 4 nitrogen and oxygen atoms in total. The maximum atomic E-state index is 11.9. The second-order valence-electron chi connectivity index (χ2n) is 4.82. The first-order valence-electron chi connectivity index (χ1n) is 6.03. The van der Waals surface area contributed by atoms with Gasteiger partial charge < -0.3 is 10.1 Å². The lowest BCUT2D eigenvalue weighted by Crippen LogP contribution is -2.12. The first-order chi connectivity index (χ1) is 8.43. The minimum Gasteiger partial charge on any atom is -0.496 e. The molecule has 0 saturated carbocycles. The van der Waals surface area contributed by atoms with Gasteiger partial charge in [0.25, 0.3) is 0 Å². The van der Waals surface area contributed by atoms with Crippen LogP contribution in [0, 0.1) is 6.92 Å². The summed E-state index contributed by atoms with van der Waals surface area (Å²) in [6.45, 7) is 3.63. The molecule has 1 aromatic rings. The molecule has 0 spiro atoms. The zero-order valence-electron chi connectivity index (χ0n) is 11.0. The highest BCUT2D eigenvalue weighted by Gasteiger charge is 2.25. The van der Waals surface area contributed by atoms with Crippen molar-refractivity contribution in [3.8, 4) is 5.75 Å². The highest BCUT2D eigenvalue weighted by molar-refractivity contribution is 7.90.